The van der Waals surface area contributed by atoms with Crippen molar-refractivity contribution >= 4 is 23.3 Å². The molecule has 0 aliphatic carbocycles. The van der Waals surface area contributed by atoms with Gasteiger partial charge in [-0.1, -0.05) is 23.7 Å². The van der Waals surface area contributed by atoms with Crippen LogP contribution >= 0.6 is 11.6 Å². The van der Waals surface area contributed by atoms with E-state index >= 15 is 0 Å². The first-order valence-electron chi connectivity index (χ1n) is 8.22. The Balaban J connectivity index is 2.13. The normalized spacial score (nSPS) is 12.0. The number of carboxylic acids is 1. The average Bonchev–Trinajstić information content (AvgIpc) is 3.00. The maximum atomic E-state index is 12.0. The van der Waals surface area contributed by atoms with Crippen LogP contribution in [0.5, 0.6) is 0 Å². The lowest BCUT2D eigenvalue weighted by Gasteiger charge is -2.21. The van der Waals surface area contributed by atoms with Crippen LogP contribution in [0.25, 0.3) is 0 Å². The molecule has 27 heavy (non-hydrogen) atoms. The fraction of sp³-hybridized carbons (Fsp3) is 0.211. The van der Waals surface area contributed by atoms with Gasteiger partial charge in [0.05, 0.1) is 11.7 Å². The minimum Gasteiger partial charge on any atom is -0.476 e. The number of hydrogen-bond donors (Lipinski definition) is 2. The highest BCUT2D eigenvalue weighted by Crippen LogP contribution is 2.29. The minimum atomic E-state index is -1.11. The first kappa shape index (κ1) is 18.7. The summed E-state index contributed by atoms with van der Waals surface area (Å²) < 4.78 is 2.95. The third-order valence-corrected chi connectivity index (χ3v) is 4.50. The molecule has 0 aliphatic rings. The van der Waals surface area contributed by atoms with Crippen LogP contribution in [-0.2, 0) is 14.1 Å². The number of aryl methyl sites for hydroxylation is 3. The molecule has 0 fully saturated rings. The average molecular weight is 387 g/mol. The van der Waals surface area contributed by atoms with Crippen molar-refractivity contribution in [3.63, 3.8) is 0 Å². The monoisotopic (exact) mass is 386 g/mol. The number of benzene rings is 1. The number of nitrogens with zero attached hydrogens (tertiary/aromatic N) is 3. The van der Waals surface area contributed by atoms with Gasteiger partial charge in [-0.25, -0.2) is 4.79 Å². The molecule has 140 valence electrons. The Bertz CT molecular complexity index is 1030. The molecule has 1 aromatic carbocycles. The molecule has 0 saturated heterocycles. The van der Waals surface area contributed by atoms with Crippen molar-refractivity contribution in [3.8, 4) is 0 Å². The van der Waals surface area contributed by atoms with E-state index in [0.717, 1.165) is 5.56 Å². The zero-order chi connectivity index (χ0) is 19.7. The van der Waals surface area contributed by atoms with E-state index in [2.05, 4.69) is 10.4 Å². The molecule has 8 heteroatoms. The fourth-order valence-electron chi connectivity index (χ4n) is 3.00. The van der Waals surface area contributed by atoms with E-state index in [1.165, 1.54) is 9.25 Å². The Kier molecular flexibility index (Phi) is 5.05. The summed E-state index contributed by atoms with van der Waals surface area (Å²) >= 11 is 6.00. The fourth-order valence-corrected chi connectivity index (χ4v) is 3.13. The molecule has 2 aromatic heterocycles. The molecular weight excluding hydrogens is 368 g/mol. The Hall–Kier alpha value is -3.06. The van der Waals surface area contributed by atoms with Crippen LogP contribution in [0.2, 0.25) is 5.02 Å². The highest BCUT2D eigenvalue weighted by Gasteiger charge is 2.24. The Morgan fingerprint density at radius 3 is 2.48 bits per heavy atom. The Morgan fingerprint density at radius 1 is 1.22 bits per heavy atom. The molecule has 1 unspecified atom stereocenters. The van der Waals surface area contributed by atoms with Gasteiger partial charge in [0.2, 0.25) is 0 Å². The van der Waals surface area contributed by atoms with E-state index in [9.17, 15) is 14.7 Å². The quantitative estimate of drug-likeness (QED) is 0.703. The summed E-state index contributed by atoms with van der Waals surface area (Å²) in [6, 6.07) is 8.39. The van der Waals surface area contributed by atoms with Crippen molar-refractivity contribution in [3.05, 3.63) is 80.5 Å². The summed E-state index contributed by atoms with van der Waals surface area (Å²) in [6.07, 6.45) is 3.35. The van der Waals surface area contributed by atoms with Crippen molar-refractivity contribution in [2.75, 3.05) is 5.32 Å². The van der Waals surface area contributed by atoms with E-state index in [1.807, 2.05) is 12.1 Å². The molecule has 0 aliphatic heterocycles. The Labute approximate surface area is 160 Å². The molecule has 0 radical (unpaired) electrons. The number of carboxylic acid groups (broad SMARTS) is 1. The molecular formula is C19H19ClN4O3. The van der Waals surface area contributed by atoms with Crippen molar-refractivity contribution < 1.29 is 9.90 Å². The standard InChI is InChI=1S/C19H19ClN4O3/c1-11-8-14(9-23(2)18(11)25)21-16(12-4-6-13(20)7-5-12)15-10-24(3)22-17(15)19(26)27/h4-10,16,21H,1-3H3,(H,26,27). The number of aromatic nitrogens is 3. The van der Waals surface area contributed by atoms with E-state index in [0.29, 0.717) is 21.8 Å². The topological polar surface area (TPSA) is 89.2 Å². The highest BCUT2D eigenvalue weighted by atomic mass is 35.5. The van der Waals surface area contributed by atoms with Crippen molar-refractivity contribution in [1.29, 1.82) is 0 Å². The third-order valence-electron chi connectivity index (χ3n) is 4.25. The van der Waals surface area contributed by atoms with Crippen LogP contribution in [-0.4, -0.2) is 25.4 Å². The largest absolute Gasteiger partial charge is 0.476 e. The molecule has 2 heterocycles. The first-order valence-corrected chi connectivity index (χ1v) is 8.60. The molecule has 1 atom stereocenters. The SMILES string of the molecule is Cc1cc(NC(c2ccc(Cl)cc2)c2cn(C)nc2C(=O)O)cn(C)c1=O. The van der Waals surface area contributed by atoms with Gasteiger partial charge in [0.25, 0.3) is 5.56 Å². The molecule has 3 rings (SSSR count). The van der Waals surface area contributed by atoms with Crippen LogP contribution in [0.4, 0.5) is 5.69 Å². The summed E-state index contributed by atoms with van der Waals surface area (Å²) in [4.78, 5) is 23.6. The highest BCUT2D eigenvalue weighted by molar-refractivity contribution is 6.30. The summed E-state index contributed by atoms with van der Waals surface area (Å²) in [5.74, 6) is -1.11. The lowest BCUT2D eigenvalue weighted by Crippen LogP contribution is -2.21. The van der Waals surface area contributed by atoms with Crippen molar-refractivity contribution in [1.82, 2.24) is 14.3 Å². The number of rotatable bonds is 5. The van der Waals surface area contributed by atoms with Gasteiger partial charge in [0.1, 0.15) is 0 Å². The molecule has 2 N–H and O–H groups in total. The van der Waals surface area contributed by atoms with Crippen LogP contribution in [0.15, 0.2) is 47.5 Å². The molecule has 7 nitrogen and oxygen atoms in total. The van der Waals surface area contributed by atoms with Gasteiger partial charge in [-0.15, -0.1) is 0 Å². The number of pyridine rings is 1. The summed E-state index contributed by atoms with van der Waals surface area (Å²) in [5, 5.41) is 17.5. The zero-order valence-electron chi connectivity index (χ0n) is 15.1. The predicted molar refractivity (Wildman–Crippen MR) is 104 cm³/mol. The second-order valence-electron chi connectivity index (χ2n) is 6.37. The van der Waals surface area contributed by atoms with E-state index in [1.54, 1.807) is 51.6 Å². The first-order chi connectivity index (χ1) is 12.8. The van der Waals surface area contributed by atoms with Gasteiger partial charge in [0, 0.05) is 42.6 Å². The maximum absolute atomic E-state index is 12.0. The van der Waals surface area contributed by atoms with Gasteiger partial charge in [-0.2, -0.15) is 5.10 Å². The maximum Gasteiger partial charge on any atom is 0.356 e. The molecule has 0 spiro atoms. The van der Waals surface area contributed by atoms with Crippen molar-refractivity contribution in [2.45, 2.75) is 13.0 Å². The molecule has 0 bridgehead atoms. The van der Waals surface area contributed by atoms with Gasteiger partial charge < -0.3 is 15.0 Å². The summed E-state index contributed by atoms with van der Waals surface area (Å²) in [5.41, 5.74) is 2.49. The van der Waals surface area contributed by atoms with Crippen LogP contribution in [0.3, 0.4) is 0 Å². The summed E-state index contributed by atoms with van der Waals surface area (Å²) in [6.45, 7) is 1.73. The third kappa shape index (κ3) is 3.88. The predicted octanol–water partition coefficient (Wildman–Crippen LogP) is 2.98. The van der Waals surface area contributed by atoms with Gasteiger partial charge >= 0.3 is 5.97 Å². The van der Waals surface area contributed by atoms with Crippen LogP contribution in [0.1, 0.15) is 33.2 Å². The van der Waals surface area contributed by atoms with Gasteiger partial charge in [0.15, 0.2) is 5.69 Å². The number of anilines is 1. The van der Waals surface area contributed by atoms with Crippen LogP contribution < -0.4 is 10.9 Å². The molecule has 0 amide bonds. The number of aromatic carboxylic acids is 1. The second kappa shape index (κ2) is 7.28. The smallest absolute Gasteiger partial charge is 0.356 e. The van der Waals surface area contributed by atoms with E-state index < -0.39 is 12.0 Å². The van der Waals surface area contributed by atoms with E-state index in [-0.39, 0.29) is 11.3 Å². The zero-order valence-corrected chi connectivity index (χ0v) is 15.9. The van der Waals surface area contributed by atoms with Gasteiger partial charge in [-0.05, 0) is 30.7 Å². The van der Waals surface area contributed by atoms with Crippen LogP contribution in [0, 0.1) is 6.92 Å². The Morgan fingerprint density at radius 2 is 1.89 bits per heavy atom. The molecule has 3 aromatic rings. The van der Waals surface area contributed by atoms with Crippen molar-refractivity contribution in [2.24, 2.45) is 14.1 Å². The summed E-state index contributed by atoms with van der Waals surface area (Å²) in [7, 11) is 3.34. The molecule has 0 saturated carbocycles. The number of halogens is 1. The lowest BCUT2D eigenvalue weighted by atomic mass is 9.98. The second-order valence-corrected chi connectivity index (χ2v) is 6.81. The minimum absolute atomic E-state index is 0.0357. The van der Waals surface area contributed by atoms with E-state index in [4.69, 9.17) is 11.6 Å². The van der Waals surface area contributed by atoms with Gasteiger partial charge in [-0.3, -0.25) is 9.48 Å². The number of hydrogen-bond acceptors (Lipinski definition) is 4. The lowest BCUT2D eigenvalue weighted by molar-refractivity contribution is 0.0688. The number of carbonyl (C=O) groups is 1. The number of nitrogens with one attached hydrogen (secondary N) is 1.